The van der Waals surface area contributed by atoms with E-state index in [0.717, 1.165) is 12.1 Å². The highest BCUT2D eigenvalue weighted by molar-refractivity contribution is 6.06. The first-order chi connectivity index (χ1) is 13.3. The third-order valence-electron chi connectivity index (χ3n) is 5.73. The molecule has 0 aromatic heterocycles. The van der Waals surface area contributed by atoms with Gasteiger partial charge in [-0.15, -0.1) is 0 Å². The number of rotatable bonds is 3. The molecular formula is C20H19F3N2O3. The summed E-state index contributed by atoms with van der Waals surface area (Å²) < 4.78 is 38.4. The zero-order valence-corrected chi connectivity index (χ0v) is 15.0. The monoisotopic (exact) mass is 392 g/mol. The van der Waals surface area contributed by atoms with Gasteiger partial charge >= 0.3 is 6.18 Å². The van der Waals surface area contributed by atoms with Gasteiger partial charge in [-0.1, -0.05) is 30.4 Å². The second-order valence-electron chi connectivity index (χ2n) is 7.53. The predicted molar refractivity (Wildman–Crippen MR) is 92.7 cm³/mol. The third kappa shape index (κ3) is 3.21. The minimum absolute atomic E-state index is 0.145. The summed E-state index contributed by atoms with van der Waals surface area (Å²) in [4.78, 5) is 40.2. The lowest BCUT2D eigenvalue weighted by Gasteiger charge is -2.43. The Bertz CT molecular complexity index is 832. The third-order valence-corrected chi connectivity index (χ3v) is 5.73. The molecule has 0 radical (unpaired) electrons. The first-order valence-electron chi connectivity index (χ1n) is 9.21. The first-order valence-corrected chi connectivity index (χ1v) is 9.21. The van der Waals surface area contributed by atoms with Crippen LogP contribution in [0.25, 0.3) is 0 Å². The highest BCUT2D eigenvalue weighted by atomic mass is 19.4. The van der Waals surface area contributed by atoms with Gasteiger partial charge in [-0.05, 0) is 24.5 Å². The van der Waals surface area contributed by atoms with Crippen LogP contribution in [-0.4, -0.2) is 46.7 Å². The van der Waals surface area contributed by atoms with Gasteiger partial charge in [-0.3, -0.25) is 19.3 Å². The summed E-state index contributed by atoms with van der Waals surface area (Å²) in [6, 6.07) is 4.36. The van der Waals surface area contributed by atoms with Crippen LogP contribution >= 0.6 is 0 Å². The smallest absolute Gasteiger partial charge is 0.338 e. The summed E-state index contributed by atoms with van der Waals surface area (Å²) in [5.74, 6) is -1.25. The van der Waals surface area contributed by atoms with Crippen molar-refractivity contribution in [3.05, 3.63) is 47.5 Å². The number of likely N-dealkylation sites (tertiary alicyclic amines) is 2. The molecule has 1 aromatic rings. The molecule has 28 heavy (non-hydrogen) atoms. The van der Waals surface area contributed by atoms with E-state index in [0.29, 0.717) is 12.8 Å². The van der Waals surface area contributed by atoms with Crippen molar-refractivity contribution in [1.82, 2.24) is 9.80 Å². The predicted octanol–water partition coefficient (Wildman–Crippen LogP) is 2.41. The van der Waals surface area contributed by atoms with Crippen LogP contribution in [0.4, 0.5) is 13.2 Å². The van der Waals surface area contributed by atoms with Crippen LogP contribution in [-0.2, 0) is 27.0 Å². The molecule has 5 nitrogen and oxygen atoms in total. The molecule has 3 amide bonds. The van der Waals surface area contributed by atoms with Crippen LogP contribution in [0.5, 0.6) is 0 Å². The molecule has 0 saturated carbocycles. The van der Waals surface area contributed by atoms with Crippen LogP contribution < -0.4 is 0 Å². The maximum absolute atomic E-state index is 12.8. The fourth-order valence-electron chi connectivity index (χ4n) is 4.15. The van der Waals surface area contributed by atoms with Gasteiger partial charge in [-0.25, -0.2) is 0 Å². The van der Waals surface area contributed by atoms with Crippen molar-refractivity contribution in [2.45, 2.75) is 31.5 Å². The minimum Gasteiger partial charge on any atom is -0.338 e. The van der Waals surface area contributed by atoms with Crippen molar-refractivity contribution < 1.29 is 27.6 Å². The van der Waals surface area contributed by atoms with E-state index in [2.05, 4.69) is 0 Å². The zero-order chi connectivity index (χ0) is 20.1. The highest BCUT2D eigenvalue weighted by Crippen LogP contribution is 2.37. The van der Waals surface area contributed by atoms with Crippen molar-refractivity contribution in [3.63, 3.8) is 0 Å². The van der Waals surface area contributed by atoms with E-state index in [1.807, 2.05) is 12.2 Å². The SMILES string of the molecule is O=C(Cc1cccc(C(F)(F)F)c1)N1CC(N2C(=O)C3CC=CCC3C2=O)C1. The van der Waals surface area contributed by atoms with E-state index < -0.39 is 11.7 Å². The van der Waals surface area contributed by atoms with Gasteiger partial charge < -0.3 is 4.90 Å². The number of benzene rings is 1. The average molecular weight is 392 g/mol. The molecule has 2 aliphatic heterocycles. The van der Waals surface area contributed by atoms with Crippen LogP contribution in [0, 0.1) is 11.8 Å². The lowest BCUT2D eigenvalue weighted by Crippen LogP contribution is -2.62. The van der Waals surface area contributed by atoms with Crippen molar-refractivity contribution >= 4 is 17.7 Å². The lowest BCUT2D eigenvalue weighted by molar-refractivity contribution is -0.152. The van der Waals surface area contributed by atoms with Gasteiger partial charge in [0.25, 0.3) is 0 Å². The maximum atomic E-state index is 12.8. The van der Waals surface area contributed by atoms with Gasteiger partial charge in [0.15, 0.2) is 0 Å². The van der Waals surface area contributed by atoms with Crippen LogP contribution in [0.2, 0.25) is 0 Å². The largest absolute Gasteiger partial charge is 0.416 e. The Morgan fingerprint density at radius 3 is 2.21 bits per heavy atom. The van der Waals surface area contributed by atoms with Crippen LogP contribution in [0.15, 0.2) is 36.4 Å². The second kappa shape index (κ2) is 6.76. The molecule has 0 N–H and O–H groups in total. The minimum atomic E-state index is -4.46. The second-order valence-corrected chi connectivity index (χ2v) is 7.53. The average Bonchev–Trinajstić information content (AvgIpc) is 2.86. The number of hydrogen-bond acceptors (Lipinski definition) is 3. The molecule has 2 fully saturated rings. The summed E-state index contributed by atoms with van der Waals surface area (Å²) in [5.41, 5.74) is -0.502. The summed E-state index contributed by atoms with van der Waals surface area (Å²) in [6.07, 6.45) is 0.368. The van der Waals surface area contributed by atoms with E-state index in [9.17, 15) is 27.6 Å². The van der Waals surface area contributed by atoms with E-state index in [4.69, 9.17) is 0 Å². The quantitative estimate of drug-likeness (QED) is 0.586. The summed E-state index contributed by atoms with van der Waals surface area (Å²) in [7, 11) is 0. The molecule has 2 saturated heterocycles. The Kier molecular flexibility index (Phi) is 4.51. The van der Waals surface area contributed by atoms with Crippen molar-refractivity contribution in [2.75, 3.05) is 13.1 Å². The number of nitrogens with zero attached hydrogens (tertiary/aromatic N) is 2. The van der Waals surface area contributed by atoms with E-state index in [1.165, 1.54) is 21.9 Å². The van der Waals surface area contributed by atoms with Crippen LogP contribution in [0.3, 0.4) is 0 Å². The molecule has 0 spiro atoms. The number of alkyl halides is 3. The number of amides is 3. The summed E-state index contributed by atoms with van der Waals surface area (Å²) in [6.45, 7) is 0.476. The molecular weight excluding hydrogens is 373 g/mol. The number of carbonyl (C=O) groups excluding carboxylic acids is 3. The Hall–Kier alpha value is -2.64. The Morgan fingerprint density at radius 1 is 1.04 bits per heavy atom. The molecule has 2 heterocycles. The number of allylic oxidation sites excluding steroid dienone is 2. The molecule has 8 heteroatoms. The van der Waals surface area contributed by atoms with Crippen LogP contribution in [0.1, 0.15) is 24.0 Å². The highest BCUT2D eigenvalue weighted by Gasteiger charge is 2.52. The molecule has 1 aromatic carbocycles. The molecule has 2 atom stereocenters. The first kappa shape index (κ1) is 18.7. The Labute approximate surface area is 159 Å². The number of fused-ring (bicyclic) bond motifs is 1. The topological polar surface area (TPSA) is 57.7 Å². The molecule has 0 bridgehead atoms. The summed E-state index contributed by atoms with van der Waals surface area (Å²) in [5, 5.41) is 0. The summed E-state index contributed by atoms with van der Waals surface area (Å²) >= 11 is 0. The fourth-order valence-corrected chi connectivity index (χ4v) is 4.15. The normalized spacial score (nSPS) is 25.1. The molecule has 1 aliphatic carbocycles. The molecule has 3 aliphatic rings. The van der Waals surface area contributed by atoms with E-state index >= 15 is 0 Å². The van der Waals surface area contributed by atoms with Gasteiger partial charge in [0, 0.05) is 13.1 Å². The lowest BCUT2D eigenvalue weighted by atomic mass is 9.85. The zero-order valence-electron chi connectivity index (χ0n) is 15.0. The number of hydrogen-bond donors (Lipinski definition) is 0. The molecule has 148 valence electrons. The van der Waals surface area contributed by atoms with Gasteiger partial charge in [0.1, 0.15) is 0 Å². The fraction of sp³-hybridized carbons (Fsp3) is 0.450. The standard InChI is InChI=1S/C20H19F3N2O3/c21-20(22,23)13-5-3-4-12(8-13)9-17(26)24-10-14(11-24)25-18(27)15-6-1-2-7-16(15)19(25)28/h1-5,8,14-16H,6-7,9-11H2. The number of imide groups is 1. The molecule has 2 unspecified atom stereocenters. The Balaban J connectivity index is 1.36. The van der Waals surface area contributed by atoms with Crippen molar-refractivity contribution in [3.8, 4) is 0 Å². The van der Waals surface area contributed by atoms with Crippen molar-refractivity contribution in [1.29, 1.82) is 0 Å². The van der Waals surface area contributed by atoms with Gasteiger partial charge in [-0.2, -0.15) is 13.2 Å². The molecule has 4 rings (SSSR count). The Morgan fingerprint density at radius 2 is 1.64 bits per heavy atom. The van der Waals surface area contributed by atoms with Gasteiger partial charge in [0.05, 0.1) is 29.9 Å². The van der Waals surface area contributed by atoms with Crippen molar-refractivity contribution in [2.24, 2.45) is 11.8 Å². The van der Waals surface area contributed by atoms with E-state index in [1.54, 1.807) is 0 Å². The maximum Gasteiger partial charge on any atom is 0.416 e. The van der Waals surface area contributed by atoms with Gasteiger partial charge in [0.2, 0.25) is 17.7 Å². The number of halogens is 3. The van der Waals surface area contributed by atoms with E-state index in [-0.39, 0.29) is 60.7 Å². The number of carbonyl (C=O) groups is 3.